The maximum Gasteiger partial charge on any atom is 0.338 e. The molecule has 9 heteroatoms. The Balaban J connectivity index is 1.81. The van der Waals surface area contributed by atoms with Gasteiger partial charge in [0.05, 0.1) is 36.1 Å². The van der Waals surface area contributed by atoms with E-state index in [0.29, 0.717) is 28.3 Å². The molecule has 0 spiro atoms. The van der Waals surface area contributed by atoms with E-state index in [1.54, 1.807) is 26.0 Å². The van der Waals surface area contributed by atoms with Crippen molar-refractivity contribution in [1.82, 2.24) is 4.90 Å². The van der Waals surface area contributed by atoms with E-state index in [0.717, 1.165) is 5.17 Å². The molecular weight excluding hydrogens is 467 g/mol. The molecule has 4 rings (SSSR count). The predicted octanol–water partition coefficient (Wildman–Crippen LogP) is 5.83. The number of hydrogen-bond acceptors (Lipinski definition) is 7. The number of allylic oxidation sites excluding steroid dienone is 1. The minimum Gasteiger partial charge on any atom is -0.493 e. The number of para-hydroxylation sites is 1. The summed E-state index contributed by atoms with van der Waals surface area (Å²) in [7, 11) is 1.52. The van der Waals surface area contributed by atoms with Crippen LogP contribution in [0.25, 0.3) is 0 Å². The van der Waals surface area contributed by atoms with Gasteiger partial charge < -0.3 is 19.1 Å². The molecule has 2 aromatic rings. The SMILES string of the molecule is CCOC(=O)C1=C(C)N=C2SC=CN2[C@@H]1c1cccc(OC)c1OCc1c(F)cccc1Cl. The normalized spacial score (nSPS) is 17.1. The van der Waals surface area contributed by atoms with Crippen LogP contribution >= 0.6 is 23.4 Å². The second kappa shape index (κ2) is 9.89. The molecule has 0 unspecified atom stereocenters. The first-order valence-corrected chi connectivity index (χ1v) is 11.5. The number of ether oxygens (including phenoxy) is 3. The van der Waals surface area contributed by atoms with Crippen LogP contribution in [-0.4, -0.2) is 29.8 Å². The molecule has 0 saturated carbocycles. The fourth-order valence-electron chi connectivity index (χ4n) is 3.75. The van der Waals surface area contributed by atoms with E-state index in [2.05, 4.69) is 4.99 Å². The third-order valence-electron chi connectivity index (χ3n) is 5.26. The Hall–Kier alpha value is -2.97. The van der Waals surface area contributed by atoms with Crippen LogP contribution in [0.3, 0.4) is 0 Å². The van der Waals surface area contributed by atoms with Gasteiger partial charge in [0, 0.05) is 17.3 Å². The van der Waals surface area contributed by atoms with Crippen molar-refractivity contribution < 1.29 is 23.4 Å². The Morgan fingerprint density at radius 2 is 2.06 bits per heavy atom. The second-order valence-electron chi connectivity index (χ2n) is 7.19. The van der Waals surface area contributed by atoms with Gasteiger partial charge in [0.2, 0.25) is 0 Å². The van der Waals surface area contributed by atoms with Crippen molar-refractivity contribution >= 4 is 34.5 Å². The Labute approximate surface area is 200 Å². The summed E-state index contributed by atoms with van der Waals surface area (Å²) in [5.41, 5.74) is 1.85. The molecule has 6 nitrogen and oxygen atoms in total. The number of amidine groups is 1. The van der Waals surface area contributed by atoms with Crippen molar-refractivity contribution in [3.05, 3.63) is 81.2 Å². The van der Waals surface area contributed by atoms with Gasteiger partial charge in [-0.15, -0.1) is 0 Å². The summed E-state index contributed by atoms with van der Waals surface area (Å²) in [6.07, 6.45) is 1.86. The summed E-state index contributed by atoms with van der Waals surface area (Å²) in [6.45, 7) is 3.65. The topological polar surface area (TPSA) is 60.4 Å². The van der Waals surface area contributed by atoms with Crippen molar-refractivity contribution in [2.75, 3.05) is 13.7 Å². The Bertz CT molecular complexity index is 1160. The van der Waals surface area contributed by atoms with Crippen LogP contribution in [0.15, 0.2) is 64.3 Å². The Morgan fingerprint density at radius 1 is 1.27 bits per heavy atom. The summed E-state index contributed by atoms with van der Waals surface area (Å²) in [4.78, 5) is 19.4. The number of hydrogen-bond donors (Lipinski definition) is 0. The number of fused-ring (bicyclic) bond motifs is 1. The van der Waals surface area contributed by atoms with E-state index in [1.807, 2.05) is 28.6 Å². The highest BCUT2D eigenvalue weighted by atomic mass is 35.5. The Morgan fingerprint density at radius 3 is 2.79 bits per heavy atom. The average molecular weight is 489 g/mol. The molecular formula is C24H22ClFN2O4S. The smallest absolute Gasteiger partial charge is 0.338 e. The largest absolute Gasteiger partial charge is 0.493 e. The van der Waals surface area contributed by atoms with Gasteiger partial charge in [-0.05, 0) is 37.5 Å². The van der Waals surface area contributed by atoms with Gasteiger partial charge in [0.25, 0.3) is 0 Å². The summed E-state index contributed by atoms with van der Waals surface area (Å²) in [6, 6.07) is 9.31. The fraction of sp³-hybridized carbons (Fsp3) is 0.250. The number of halogens is 2. The highest BCUT2D eigenvalue weighted by Gasteiger charge is 2.39. The third kappa shape index (κ3) is 4.45. The molecule has 0 aliphatic carbocycles. The van der Waals surface area contributed by atoms with Crippen molar-refractivity contribution in [3.8, 4) is 11.5 Å². The van der Waals surface area contributed by atoms with Crippen LogP contribution in [-0.2, 0) is 16.1 Å². The molecule has 0 saturated heterocycles. The lowest BCUT2D eigenvalue weighted by molar-refractivity contribution is -0.139. The monoisotopic (exact) mass is 488 g/mol. The molecule has 0 amide bonds. The van der Waals surface area contributed by atoms with E-state index in [1.165, 1.54) is 31.0 Å². The van der Waals surface area contributed by atoms with Crippen molar-refractivity contribution in [3.63, 3.8) is 0 Å². The van der Waals surface area contributed by atoms with E-state index >= 15 is 0 Å². The number of esters is 1. The molecule has 0 radical (unpaired) electrons. The van der Waals surface area contributed by atoms with Crippen LogP contribution in [0.5, 0.6) is 11.5 Å². The highest BCUT2D eigenvalue weighted by molar-refractivity contribution is 8.16. The van der Waals surface area contributed by atoms with Gasteiger partial charge in [0.1, 0.15) is 12.4 Å². The van der Waals surface area contributed by atoms with Crippen LogP contribution in [0.4, 0.5) is 4.39 Å². The first-order chi connectivity index (χ1) is 16.0. The lowest BCUT2D eigenvalue weighted by atomic mass is 9.93. The Kier molecular flexibility index (Phi) is 6.95. The maximum absolute atomic E-state index is 14.4. The number of benzene rings is 2. The van der Waals surface area contributed by atoms with E-state index < -0.39 is 17.8 Å². The number of carbonyl (C=O) groups is 1. The standard InChI is InChI=1S/C24H22ClFN2O4S/c1-4-31-23(29)20-14(2)27-24-28(11-12-33-24)21(20)15-7-5-10-19(30-3)22(15)32-13-16-17(25)8-6-9-18(16)26/h5-12,21H,4,13H2,1-3H3/t21-/m1/s1. The minimum atomic E-state index is -0.566. The van der Waals surface area contributed by atoms with Gasteiger partial charge >= 0.3 is 5.97 Å². The predicted molar refractivity (Wildman–Crippen MR) is 127 cm³/mol. The van der Waals surface area contributed by atoms with Crippen molar-refractivity contribution in [1.29, 1.82) is 0 Å². The highest BCUT2D eigenvalue weighted by Crippen LogP contribution is 2.46. The molecule has 2 heterocycles. The molecule has 0 N–H and O–H groups in total. The molecule has 33 heavy (non-hydrogen) atoms. The molecule has 0 fully saturated rings. The van der Waals surface area contributed by atoms with E-state index in [9.17, 15) is 9.18 Å². The van der Waals surface area contributed by atoms with Crippen LogP contribution in [0.2, 0.25) is 5.02 Å². The van der Waals surface area contributed by atoms with Crippen LogP contribution < -0.4 is 9.47 Å². The van der Waals surface area contributed by atoms with Gasteiger partial charge in [-0.3, -0.25) is 0 Å². The number of methoxy groups -OCH3 is 1. The maximum atomic E-state index is 14.4. The quantitative estimate of drug-likeness (QED) is 0.457. The van der Waals surface area contributed by atoms with Gasteiger partial charge in [0.15, 0.2) is 16.7 Å². The zero-order valence-corrected chi connectivity index (χ0v) is 19.9. The lowest BCUT2D eigenvalue weighted by Crippen LogP contribution is -2.34. The molecule has 172 valence electrons. The summed E-state index contributed by atoms with van der Waals surface area (Å²) < 4.78 is 31.4. The molecule has 1 atom stereocenters. The average Bonchev–Trinajstić information content (AvgIpc) is 3.26. The number of aliphatic imine (C=N–C) groups is 1. The molecule has 2 aromatic carbocycles. The molecule has 0 bridgehead atoms. The van der Waals surface area contributed by atoms with Gasteiger partial charge in [-0.2, -0.15) is 0 Å². The number of nitrogens with zero attached hydrogens (tertiary/aromatic N) is 2. The number of carbonyl (C=O) groups excluding carboxylic acids is 1. The minimum absolute atomic E-state index is 0.116. The van der Waals surface area contributed by atoms with Crippen LogP contribution in [0.1, 0.15) is 31.0 Å². The first-order valence-electron chi connectivity index (χ1n) is 10.3. The lowest BCUT2D eigenvalue weighted by Gasteiger charge is -2.34. The number of rotatable bonds is 7. The molecule has 0 aromatic heterocycles. The fourth-order valence-corrected chi connectivity index (χ4v) is 4.76. The molecule has 2 aliphatic heterocycles. The van der Waals surface area contributed by atoms with Crippen molar-refractivity contribution in [2.45, 2.75) is 26.5 Å². The van der Waals surface area contributed by atoms with Crippen LogP contribution in [0, 0.1) is 5.82 Å². The molecule has 2 aliphatic rings. The second-order valence-corrected chi connectivity index (χ2v) is 8.47. The summed E-state index contributed by atoms with van der Waals surface area (Å²) in [5, 5.41) is 2.89. The zero-order valence-electron chi connectivity index (χ0n) is 18.3. The number of thioether (sulfide) groups is 1. The van der Waals surface area contributed by atoms with Gasteiger partial charge in [-0.1, -0.05) is 41.6 Å². The third-order valence-corrected chi connectivity index (χ3v) is 6.39. The zero-order chi connectivity index (χ0) is 23.5. The summed E-state index contributed by atoms with van der Waals surface area (Å²) in [5.74, 6) is -0.0990. The van der Waals surface area contributed by atoms with Crippen molar-refractivity contribution in [2.24, 2.45) is 4.99 Å². The van der Waals surface area contributed by atoms with Gasteiger partial charge in [-0.25, -0.2) is 14.2 Å². The van der Waals surface area contributed by atoms with E-state index in [-0.39, 0.29) is 23.8 Å². The first kappa shape index (κ1) is 23.2. The summed E-state index contributed by atoms with van der Waals surface area (Å²) >= 11 is 7.65. The van der Waals surface area contributed by atoms with E-state index in [4.69, 9.17) is 25.8 Å².